The minimum absolute atomic E-state index is 1.09. The highest BCUT2D eigenvalue weighted by Crippen LogP contribution is 2.45. The molecule has 12 rings (SSSR count). The topological polar surface area (TPSA) is 11.4 Å². The van der Waals surface area contributed by atoms with Gasteiger partial charge in [-0.2, -0.15) is 0 Å². The average Bonchev–Trinajstić information content (AvgIpc) is 3.71. The van der Waals surface area contributed by atoms with E-state index in [4.69, 9.17) is 0 Å². The first-order valence-corrected chi connectivity index (χ1v) is 22.3. The van der Waals surface area contributed by atoms with Crippen LogP contribution in [-0.2, 0) is 0 Å². The van der Waals surface area contributed by atoms with Crippen molar-refractivity contribution < 1.29 is 0 Å². The monoisotopic (exact) mass is 829 g/mol. The van der Waals surface area contributed by atoms with Crippen molar-refractivity contribution in [3.63, 3.8) is 0 Å². The molecule has 0 unspecified atom stereocenters. The largest absolute Gasteiger partial charge is 0.310 e. The lowest BCUT2D eigenvalue weighted by Gasteiger charge is -2.28. The van der Waals surface area contributed by atoms with Gasteiger partial charge in [0.15, 0.2) is 0 Å². The molecule has 1 heterocycles. The van der Waals surface area contributed by atoms with Crippen LogP contribution in [0.25, 0.3) is 71.3 Å². The Bertz CT molecular complexity index is 3630. The SMILES string of the molecule is c1ccc(-c2ccc(N(c3ccc(-c4ccc(N(c5ccccc5)c5ccc6c(c5)c5ccccc5n6-c5ccccc5)c5ccccc45)cc3)c3ccc4ccccc4c3)cc2)cc1. The Morgan fingerprint density at radius 3 is 1.51 bits per heavy atom. The summed E-state index contributed by atoms with van der Waals surface area (Å²) >= 11 is 0. The van der Waals surface area contributed by atoms with E-state index >= 15 is 0 Å². The molecule has 3 heteroatoms. The van der Waals surface area contributed by atoms with Crippen LogP contribution in [0.2, 0.25) is 0 Å². The lowest BCUT2D eigenvalue weighted by Crippen LogP contribution is -2.10. The molecule has 0 saturated heterocycles. The fourth-order valence-corrected chi connectivity index (χ4v) is 9.68. The quantitative estimate of drug-likeness (QED) is 0.144. The molecule has 0 atom stereocenters. The van der Waals surface area contributed by atoms with Crippen molar-refractivity contribution in [2.75, 3.05) is 9.80 Å². The molecule has 0 N–H and O–H groups in total. The van der Waals surface area contributed by atoms with Gasteiger partial charge in [0.1, 0.15) is 0 Å². The van der Waals surface area contributed by atoms with Gasteiger partial charge in [-0.25, -0.2) is 0 Å². The highest BCUT2D eigenvalue weighted by molar-refractivity contribution is 6.12. The van der Waals surface area contributed by atoms with Gasteiger partial charge in [0.2, 0.25) is 0 Å². The van der Waals surface area contributed by atoms with Crippen LogP contribution in [-0.4, -0.2) is 4.57 Å². The Kier molecular flexibility index (Phi) is 9.50. The summed E-state index contributed by atoms with van der Waals surface area (Å²) in [6, 6.07) is 94.3. The fourth-order valence-electron chi connectivity index (χ4n) is 9.68. The number of aromatic nitrogens is 1. The van der Waals surface area contributed by atoms with Crippen LogP contribution in [0.3, 0.4) is 0 Å². The van der Waals surface area contributed by atoms with E-state index in [0.717, 1.165) is 45.4 Å². The highest BCUT2D eigenvalue weighted by atomic mass is 15.1. The molecule has 0 aliphatic carbocycles. The van der Waals surface area contributed by atoms with Gasteiger partial charge in [-0.3, -0.25) is 0 Å². The van der Waals surface area contributed by atoms with Crippen molar-refractivity contribution in [2.45, 2.75) is 0 Å². The van der Waals surface area contributed by atoms with Crippen LogP contribution in [0.4, 0.5) is 34.1 Å². The predicted octanol–water partition coefficient (Wildman–Crippen LogP) is 17.4. The van der Waals surface area contributed by atoms with Gasteiger partial charge in [0, 0.05) is 50.3 Å². The molecule has 0 saturated carbocycles. The first kappa shape index (κ1) is 38.0. The lowest BCUT2D eigenvalue weighted by molar-refractivity contribution is 1.18. The third-order valence-electron chi connectivity index (χ3n) is 12.7. The number of fused-ring (bicyclic) bond motifs is 5. The van der Waals surface area contributed by atoms with Gasteiger partial charge in [-0.15, -0.1) is 0 Å². The molecular weight excluding hydrogens is 787 g/mol. The first-order valence-electron chi connectivity index (χ1n) is 22.3. The second-order valence-corrected chi connectivity index (χ2v) is 16.6. The van der Waals surface area contributed by atoms with Gasteiger partial charge in [-0.1, -0.05) is 170 Å². The normalized spacial score (nSPS) is 11.4. The smallest absolute Gasteiger partial charge is 0.0542 e. The molecule has 3 nitrogen and oxygen atoms in total. The van der Waals surface area contributed by atoms with Gasteiger partial charge >= 0.3 is 0 Å². The zero-order chi connectivity index (χ0) is 43.1. The van der Waals surface area contributed by atoms with Crippen molar-refractivity contribution in [2.24, 2.45) is 0 Å². The zero-order valence-corrected chi connectivity index (χ0v) is 35.7. The number of anilines is 6. The number of para-hydroxylation sites is 3. The molecule has 0 amide bonds. The van der Waals surface area contributed by atoms with E-state index in [1.807, 2.05) is 0 Å². The predicted molar refractivity (Wildman–Crippen MR) is 276 cm³/mol. The summed E-state index contributed by atoms with van der Waals surface area (Å²) in [5.41, 5.74) is 14.9. The maximum Gasteiger partial charge on any atom is 0.0542 e. The summed E-state index contributed by atoms with van der Waals surface area (Å²) in [6.07, 6.45) is 0. The van der Waals surface area contributed by atoms with Gasteiger partial charge in [0.05, 0.1) is 16.7 Å². The van der Waals surface area contributed by atoms with Crippen LogP contribution >= 0.6 is 0 Å². The zero-order valence-electron chi connectivity index (χ0n) is 35.7. The standard InChI is InChI=1S/C62H43N3/c1-4-16-44(17-5-1)46-28-33-51(34-29-46)63(53-37-30-45-18-10-11-19-48(45)42-53)52-35-31-47(32-36-52)55-39-41-61(57-25-13-12-24-56(55)57)64(49-20-6-2-7-21-49)54-38-40-62-59(43-54)58-26-14-15-27-60(58)65(62)50-22-8-3-9-23-50/h1-43H. The van der Waals surface area contributed by atoms with E-state index in [0.29, 0.717) is 0 Å². The van der Waals surface area contributed by atoms with Gasteiger partial charge in [-0.05, 0) is 129 Å². The van der Waals surface area contributed by atoms with E-state index in [2.05, 4.69) is 275 Å². The Morgan fingerprint density at radius 2 is 0.769 bits per heavy atom. The second kappa shape index (κ2) is 16.2. The molecule has 11 aromatic carbocycles. The molecule has 0 aliphatic rings. The van der Waals surface area contributed by atoms with E-state index in [-0.39, 0.29) is 0 Å². The van der Waals surface area contributed by atoms with Crippen LogP contribution < -0.4 is 9.80 Å². The van der Waals surface area contributed by atoms with Crippen LogP contribution in [0.5, 0.6) is 0 Å². The van der Waals surface area contributed by atoms with Crippen molar-refractivity contribution >= 4 is 77.5 Å². The second-order valence-electron chi connectivity index (χ2n) is 16.6. The summed E-state index contributed by atoms with van der Waals surface area (Å²) in [5, 5.41) is 7.26. The summed E-state index contributed by atoms with van der Waals surface area (Å²) < 4.78 is 2.37. The van der Waals surface area contributed by atoms with Crippen LogP contribution in [0.1, 0.15) is 0 Å². The Labute approximate surface area is 378 Å². The molecule has 65 heavy (non-hydrogen) atoms. The number of benzene rings is 11. The van der Waals surface area contributed by atoms with Crippen molar-refractivity contribution in [3.8, 4) is 27.9 Å². The average molecular weight is 830 g/mol. The Hall–Kier alpha value is -8.66. The minimum atomic E-state index is 1.09. The Balaban J connectivity index is 0.958. The molecule has 0 fully saturated rings. The minimum Gasteiger partial charge on any atom is -0.310 e. The maximum atomic E-state index is 2.41. The summed E-state index contributed by atoms with van der Waals surface area (Å²) in [7, 11) is 0. The molecule has 306 valence electrons. The maximum absolute atomic E-state index is 2.41. The van der Waals surface area contributed by atoms with Gasteiger partial charge < -0.3 is 14.4 Å². The number of hydrogen-bond acceptors (Lipinski definition) is 2. The van der Waals surface area contributed by atoms with Crippen molar-refractivity contribution in [3.05, 3.63) is 261 Å². The summed E-state index contributed by atoms with van der Waals surface area (Å²) in [4.78, 5) is 4.77. The number of nitrogens with zero attached hydrogens (tertiary/aromatic N) is 3. The summed E-state index contributed by atoms with van der Waals surface area (Å²) in [5.74, 6) is 0. The first-order chi connectivity index (χ1) is 32.2. The number of hydrogen-bond donors (Lipinski definition) is 0. The molecule has 0 radical (unpaired) electrons. The molecule has 12 aromatic rings. The van der Waals surface area contributed by atoms with E-state index < -0.39 is 0 Å². The van der Waals surface area contributed by atoms with Gasteiger partial charge in [0.25, 0.3) is 0 Å². The van der Waals surface area contributed by atoms with Crippen LogP contribution in [0.15, 0.2) is 261 Å². The molecule has 0 bridgehead atoms. The molecule has 1 aromatic heterocycles. The molecule has 0 spiro atoms. The van der Waals surface area contributed by atoms with E-state index in [1.165, 1.54) is 60.0 Å². The summed E-state index contributed by atoms with van der Waals surface area (Å²) in [6.45, 7) is 0. The van der Waals surface area contributed by atoms with Crippen molar-refractivity contribution in [1.82, 2.24) is 4.57 Å². The molecule has 0 aliphatic heterocycles. The Morgan fingerprint density at radius 1 is 0.262 bits per heavy atom. The third kappa shape index (κ3) is 6.87. The number of rotatable bonds is 9. The third-order valence-corrected chi connectivity index (χ3v) is 12.7. The van der Waals surface area contributed by atoms with E-state index in [9.17, 15) is 0 Å². The highest BCUT2D eigenvalue weighted by Gasteiger charge is 2.21. The fraction of sp³-hybridized carbons (Fsp3) is 0. The van der Waals surface area contributed by atoms with E-state index in [1.54, 1.807) is 0 Å². The van der Waals surface area contributed by atoms with Crippen LogP contribution in [0, 0.1) is 0 Å². The lowest BCUT2D eigenvalue weighted by atomic mass is 9.96. The van der Waals surface area contributed by atoms with Crippen molar-refractivity contribution in [1.29, 1.82) is 0 Å². The molecular formula is C62H43N3.